The van der Waals surface area contributed by atoms with Gasteiger partial charge >= 0.3 is 0 Å². The van der Waals surface area contributed by atoms with Crippen LogP contribution in [0.1, 0.15) is 25.3 Å². The monoisotopic (exact) mass is 383 g/mol. The third kappa shape index (κ3) is 5.89. The predicted molar refractivity (Wildman–Crippen MR) is 116 cm³/mol. The molecule has 1 aromatic heterocycles. The zero-order chi connectivity index (χ0) is 19.1. The molecule has 0 saturated heterocycles. The summed E-state index contributed by atoms with van der Waals surface area (Å²) in [6.45, 7) is 4.51. The summed E-state index contributed by atoms with van der Waals surface area (Å²) in [4.78, 5) is 12.5. The van der Waals surface area contributed by atoms with Gasteiger partial charge in [-0.3, -0.25) is 0 Å². The van der Waals surface area contributed by atoms with Gasteiger partial charge in [0, 0.05) is 43.0 Å². The van der Waals surface area contributed by atoms with Crippen LogP contribution in [0.2, 0.25) is 0 Å². The first kappa shape index (κ1) is 19.5. The Morgan fingerprint density at radius 2 is 1.96 bits per heavy atom. The molecule has 3 rings (SSSR count). The van der Waals surface area contributed by atoms with Gasteiger partial charge in [-0.2, -0.15) is 0 Å². The van der Waals surface area contributed by atoms with Gasteiger partial charge in [-0.25, -0.2) is 9.98 Å². The third-order valence-corrected chi connectivity index (χ3v) is 5.99. The molecule has 0 radical (unpaired) electrons. The summed E-state index contributed by atoms with van der Waals surface area (Å²) in [5, 5.41) is 6.90. The van der Waals surface area contributed by atoms with E-state index >= 15 is 0 Å². The van der Waals surface area contributed by atoms with Crippen molar-refractivity contribution >= 4 is 23.5 Å². The average Bonchev–Trinajstić information content (AvgIpc) is 3.44. The SMILES string of the molecule is CCNC(=NCc1ccnc(N(C)C)c1)NCC1(Sc2ccccc2)CC1. The van der Waals surface area contributed by atoms with Gasteiger partial charge in [0.2, 0.25) is 0 Å². The maximum atomic E-state index is 4.76. The molecular formula is C21H29N5S. The maximum Gasteiger partial charge on any atom is 0.191 e. The fourth-order valence-corrected chi connectivity index (χ4v) is 4.00. The number of rotatable bonds is 8. The Kier molecular flexibility index (Phi) is 6.61. The summed E-state index contributed by atoms with van der Waals surface area (Å²) in [5.74, 6) is 1.83. The molecule has 0 amide bonds. The van der Waals surface area contributed by atoms with Crippen molar-refractivity contribution in [1.29, 1.82) is 0 Å². The Bertz CT molecular complexity index is 756. The zero-order valence-corrected chi connectivity index (χ0v) is 17.2. The highest BCUT2D eigenvalue weighted by atomic mass is 32.2. The summed E-state index contributed by atoms with van der Waals surface area (Å²) >= 11 is 1.98. The van der Waals surface area contributed by atoms with Crippen LogP contribution >= 0.6 is 11.8 Å². The molecule has 2 aromatic rings. The molecule has 2 N–H and O–H groups in total. The molecule has 5 nitrogen and oxygen atoms in total. The number of thioether (sulfide) groups is 1. The Hall–Kier alpha value is -2.21. The van der Waals surface area contributed by atoms with Crippen LogP contribution in [-0.2, 0) is 6.54 Å². The zero-order valence-electron chi connectivity index (χ0n) is 16.4. The highest BCUT2D eigenvalue weighted by Crippen LogP contribution is 2.51. The molecule has 1 aliphatic rings. The molecule has 1 aromatic carbocycles. The summed E-state index contributed by atoms with van der Waals surface area (Å²) < 4.78 is 0.298. The molecule has 1 aliphatic carbocycles. The third-order valence-electron chi connectivity index (χ3n) is 4.50. The first-order valence-electron chi connectivity index (χ1n) is 9.49. The lowest BCUT2D eigenvalue weighted by molar-refractivity contribution is 0.769. The van der Waals surface area contributed by atoms with E-state index < -0.39 is 0 Å². The number of hydrogen-bond donors (Lipinski definition) is 2. The minimum atomic E-state index is 0.298. The molecule has 0 spiro atoms. The number of guanidine groups is 1. The number of aliphatic imine (C=N–C) groups is 1. The number of hydrogen-bond acceptors (Lipinski definition) is 4. The van der Waals surface area contributed by atoms with Gasteiger partial charge in [0.05, 0.1) is 6.54 Å². The first-order chi connectivity index (χ1) is 13.1. The van der Waals surface area contributed by atoms with Gasteiger partial charge in [-0.15, -0.1) is 11.8 Å². The van der Waals surface area contributed by atoms with E-state index in [0.717, 1.165) is 30.4 Å². The van der Waals surface area contributed by atoms with E-state index in [1.807, 2.05) is 43.0 Å². The van der Waals surface area contributed by atoms with E-state index in [4.69, 9.17) is 4.99 Å². The van der Waals surface area contributed by atoms with E-state index in [1.165, 1.54) is 17.7 Å². The Morgan fingerprint density at radius 3 is 2.63 bits per heavy atom. The van der Waals surface area contributed by atoms with Crippen LogP contribution in [0.25, 0.3) is 0 Å². The molecule has 0 bridgehead atoms. The van der Waals surface area contributed by atoms with Gasteiger partial charge in [0.25, 0.3) is 0 Å². The second-order valence-corrected chi connectivity index (χ2v) is 8.61. The van der Waals surface area contributed by atoms with E-state index in [-0.39, 0.29) is 0 Å². The lowest BCUT2D eigenvalue weighted by Crippen LogP contribution is -2.41. The van der Waals surface area contributed by atoms with E-state index in [0.29, 0.717) is 11.3 Å². The lowest BCUT2D eigenvalue weighted by atomic mass is 10.2. The van der Waals surface area contributed by atoms with Crippen LogP contribution in [0.3, 0.4) is 0 Å². The minimum Gasteiger partial charge on any atom is -0.363 e. The number of benzene rings is 1. The summed E-state index contributed by atoms with van der Waals surface area (Å²) in [6, 6.07) is 14.8. The van der Waals surface area contributed by atoms with Crippen molar-refractivity contribution in [3.8, 4) is 0 Å². The molecule has 1 fully saturated rings. The largest absolute Gasteiger partial charge is 0.363 e. The maximum absolute atomic E-state index is 4.76. The standard InChI is InChI=1S/C21H29N5S/c1-4-22-20(24-15-17-10-13-23-19(14-17)26(2)3)25-16-21(11-12-21)27-18-8-6-5-7-9-18/h5-10,13-14H,4,11-12,15-16H2,1-3H3,(H2,22,24,25). The highest BCUT2D eigenvalue weighted by molar-refractivity contribution is 8.01. The van der Waals surface area contributed by atoms with Crippen molar-refractivity contribution in [3.63, 3.8) is 0 Å². The van der Waals surface area contributed by atoms with Gasteiger partial charge in [0.15, 0.2) is 5.96 Å². The number of nitrogens with one attached hydrogen (secondary N) is 2. The van der Waals surface area contributed by atoms with Gasteiger partial charge in [-0.05, 0) is 49.6 Å². The molecule has 144 valence electrons. The molecule has 0 atom stereocenters. The number of anilines is 1. The molecule has 1 heterocycles. The van der Waals surface area contributed by atoms with E-state index in [1.54, 1.807) is 0 Å². The van der Waals surface area contributed by atoms with Crippen molar-refractivity contribution in [2.24, 2.45) is 4.99 Å². The lowest BCUT2D eigenvalue weighted by Gasteiger charge is -2.18. The Morgan fingerprint density at radius 1 is 1.19 bits per heavy atom. The van der Waals surface area contributed by atoms with Gasteiger partial charge in [-0.1, -0.05) is 18.2 Å². The van der Waals surface area contributed by atoms with Crippen molar-refractivity contribution in [2.75, 3.05) is 32.1 Å². The predicted octanol–water partition coefficient (Wildman–Crippen LogP) is 3.53. The molecule has 0 aliphatic heterocycles. The highest BCUT2D eigenvalue weighted by Gasteiger charge is 2.43. The van der Waals surface area contributed by atoms with E-state index in [2.05, 4.69) is 58.9 Å². The first-order valence-corrected chi connectivity index (χ1v) is 10.3. The quantitative estimate of drug-likeness (QED) is 0.539. The summed E-state index contributed by atoms with van der Waals surface area (Å²) in [7, 11) is 4.00. The summed E-state index contributed by atoms with van der Waals surface area (Å²) in [5.41, 5.74) is 1.16. The molecule has 6 heteroatoms. The van der Waals surface area contributed by atoms with Crippen molar-refractivity contribution in [1.82, 2.24) is 15.6 Å². The van der Waals surface area contributed by atoms with Crippen LogP contribution in [0.4, 0.5) is 5.82 Å². The average molecular weight is 384 g/mol. The van der Waals surface area contributed by atoms with Crippen molar-refractivity contribution < 1.29 is 0 Å². The number of nitrogens with zero attached hydrogens (tertiary/aromatic N) is 3. The molecule has 27 heavy (non-hydrogen) atoms. The fraction of sp³-hybridized carbons (Fsp3) is 0.429. The second-order valence-electron chi connectivity index (χ2n) is 7.06. The van der Waals surface area contributed by atoms with Crippen LogP contribution in [0.5, 0.6) is 0 Å². The number of pyridine rings is 1. The minimum absolute atomic E-state index is 0.298. The molecule has 1 saturated carbocycles. The van der Waals surface area contributed by atoms with Gasteiger partial charge < -0.3 is 15.5 Å². The topological polar surface area (TPSA) is 52.6 Å². The smallest absolute Gasteiger partial charge is 0.191 e. The van der Waals surface area contributed by atoms with Crippen molar-refractivity contribution in [3.05, 3.63) is 54.2 Å². The second kappa shape index (κ2) is 9.13. The van der Waals surface area contributed by atoms with E-state index in [9.17, 15) is 0 Å². The van der Waals surface area contributed by atoms with Gasteiger partial charge in [0.1, 0.15) is 5.82 Å². The number of aromatic nitrogens is 1. The Labute approximate surface area is 166 Å². The molecular weight excluding hydrogens is 354 g/mol. The normalized spacial score (nSPS) is 15.3. The van der Waals surface area contributed by atoms with Crippen LogP contribution in [-0.4, -0.2) is 42.9 Å². The molecule has 0 unspecified atom stereocenters. The van der Waals surface area contributed by atoms with Crippen molar-refractivity contribution in [2.45, 2.75) is 36.0 Å². The fourth-order valence-electron chi connectivity index (χ4n) is 2.75. The summed E-state index contributed by atoms with van der Waals surface area (Å²) in [6.07, 6.45) is 4.33. The van der Waals surface area contributed by atoms with Crippen LogP contribution < -0.4 is 15.5 Å². The van der Waals surface area contributed by atoms with Crippen LogP contribution in [0.15, 0.2) is 58.5 Å². The van der Waals surface area contributed by atoms with Crippen LogP contribution in [0, 0.1) is 0 Å². The Balaban J connectivity index is 1.59.